The van der Waals surface area contributed by atoms with Gasteiger partial charge < -0.3 is 10.2 Å². The van der Waals surface area contributed by atoms with E-state index >= 15 is 0 Å². The summed E-state index contributed by atoms with van der Waals surface area (Å²) in [5, 5.41) is 17.6. The highest BCUT2D eigenvalue weighted by molar-refractivity contribution is 5.74. The molecular formula is C8H10O6. The molecule has 0 aromatic rings. The van der Waals surface area contributed by atoms with Crippen LogP contribution < -0.4 is 0 Å². The van der Waals surface area contributed by atoms with Crippen LogP contribution >= 0.6 is 0 Å². The summed E-state index contributed by atoms with van der Waals surface area (Å²) >= 11 is 0. The molecule has 0 aromatic carbocycles. The third kappa shape index (κ3) is 1.27. The van der Waals surface area contributed by atoms with Crippen LogP contribution in [0.2, 0.25) is 0 Å². The van der Waals surface area contributed by atoms with Crippen LogP contribution in [0.1, 0.15) is 12.8 Å². The molecule has 0 amide bonds. The Balaban J connectivity index is 2.09. The van der Waals surface area contributed by atoms with Crippen molar-refractivity contribution in [1.29, 1.82) is 0 Å². The average Bonchev–Trinajstić information content (AvgIpc) is 2.04. The quantitative estimate of drug-likeness (QED) is 0.606. The lowest BCUT2D eigenvalue weighted by Crippen LogP contribution is -2.58. The zero-order valence-electron chi connectivity index (χ0n) is 7.25. The first-order chi connectivity index (χ1) is 6.61. The lowest BCUT2D eigenvalue weighted by Gasteiger charge is -2.44. The number of aliphatic carboxylic acids is 2. The second-order valence-corrected chi connectivity index (χ2v) is 3.59. The molecule has 2 rings (SSSR count). The van der Waals surface area contributed by atoms with Gasteiger partial charge in [0.2, 0.25) is 0 Å². The maximum atomic E-state index is 10.7. The first-order valence-corrected chi connectivity index (χ1v) is 4.39. The molecule has 0 aromatic heterocycles. The van der Waals surface area contributed by atoms with Crippen molar-refractivity contribution in [2.75, 3.05) is 0 Å². The van der Waals surface area contributed by atoms with E-state index in [4.69, 9.17) is 10.2 Å². The molecule has 1 heterocycles. The molecule has 1 saturated heterocycles. The normalized spacial score (nSPS) is 40.9. The van der Waals surface area contributed by atoms with Gasteiger partial charge in [0.1, 0.15) is 12.2 Å². The van der Waals surface area contributed by atoms with Gasteiger partial charge in [-0.15, -0.1) is 0 Å². The summed E-state index contributed by atoms with van der Waals surface area (Å²) < 4.78 is 0. The molecule has 1 saturated carbocycles. The molecule has 4 unspecified atom stereocenters. The van der Waals surface area contributed by atoms with Gasteiger partial charge in [0.25, 0.3) is 0 Å². The van der Waals surface area contributed by atoms with Gasteiger partial charge >= 0.3 is 11.9 Å². The van der Waals surface area contributed by atoms with Crippen molar-refractivity contribution < 1.29 is 29.6 Å². The minimum atomic E-state index is -0.952. The van der Waals surface area contributed by atoms with E-state index in [9.17, 15) is 9.59 Å². The highest BCUT2D eigenvalue weighted by Crippen LogP contribution is 2.39. The van der Waals surface area contributed by atoms with Crippen LogP contribution in [0.5, 0.6) is 0 Å². The zero-order chi connectivity index (χ0) is 10.3. The molecule has 6 heteroatoms. The number of carbonyl (C=O) groups is 2. The Bertz CT molecular complexity index is 247. The number of rotatable bonds is 2. The molecule has 2 N–H and O–H groups in total. The third-order valence-electron chi connectivity index (χ3n) is 2.82. The van der Waals surface area contributed by atoms with Crippen LogP contribution in [0.4, 0.5) is 0 Å². The van der Waals surface area contributed by atoms with Crippen molar-refractivity contribution in [3.63, 3.8) is 0 Å². The van der Waals surface area contributed by atoms with Gasteiger partial charge in [0.05, 0.1) is 11.8 Å². The van der Waals surface area contributed by atoms with Crippen LogP contribution in [0.25, 0.3) is 0 Å². The fraction of sp³-hybridized carbons (Fsp3) is 0.750. The van der Waals surface area contributed by atoms with E-state index in [0.29, 0.717) is 12.8 Å². The van der Waals surface area contributed by atoms with E-state index in [2.05, 4.69) is 9.78 Å². The summed E-state index contributed by atoms with van der Waals surface area (Å²) in [5.74, 6) is -3.17. The molecule has 6 nitrogen and oxygen atoms in total. The predicted octanol–water partition coefficient (Wildman–Crippen LogP) is -0.119. The summed E-state index contributed by atoms with van der Waals surface area (Å²) in [6, 6.07) is 0. The van der Waals surface area contributed by atoms with Crippen molar-refractivity contribution in [3.8, 4) is 0 Å². The van der Waals surface area contributed by atoms with E-state index in [1.807, 2.05) is 0 Å². The predicted molar refractivity (Wildman–Crippen MR) is 41.2 cm³/mol. The van der Waals surface area contributed by atoms with Crippen molar-refractivity contribution in [3.05, 3.63) is 0 Å². The topological polar surface area (TPSA) is 93.1 Å². The number of carboxylic acid groups (broad SMARTS) is 2. The average molecular weight is 202 g/mol. The molecule has 1 aliphatic heterocycles. The smallest absolute Gasteiger partial charge is 0.309 e. The number of hydrogen-bond donors (Lipinski definition) is 2. The highest BCUT2D eigenvalue weighted by Gasteiger charge is 2.54. The zero-order valence-corrected chi connectivity index (χ0v) is 7.25. The Morgan fingerprint density at radius 3 is 1.50 bits per heavy atom. The summed E-state index contributed by atoms with van der Waals surface area (Å²) in [7, 11) is 0. The van der Waals surface area contributed by atoms with Gasteiger partial charge in [-0.2, -0.15) is 0 Å². The van der Waals surface area contributed by atoms with Crippen molar-refractivity contribution in [2.24, 2.45) is 11.8 Å². The number of carboxylic acids is 2. The van der Waals surface area contributed by atoms with E-state index < -0.39 is 36.0 Å². The highest BCUT2D eigenvalue weighted by atomic mass is 17.2. The van der Waals surface area contributed by atoms with Crippen molar-refractivity contribution in [1.82, 2.24) is 0 Å². The second-order valence-electron chi connectivity index (χ2n) is 3.59. The summed E-state index contributed by atoms with van der Waals surface area (Å²) in [4.78, 5) is 30.8. The van der Waals surface area contributed by atoms with Gasteiger partial charge in [0, 0.05) is 0 Å². The molecule has 0 radical (unpaired) electrons. The standard InChI is InChI=1S/C8H10O6/c9-7(10)3-1-2-4(8(11)12)6-5(3)13-14-6/h3-6H,1-2H2,(H,9,10)(H,11,12). The molecule has 1 aliphatic carbocycles. The monoisotopic (exact) mass is 202 g/mol. The maximum absolute atomic E-state index is 10.7. The SMILES string of the molecule is O=C(O)C1CCC(C(=O)O)C2OOC12. The summed E-state index contributed by atoms with van der Waals surface area (Å²) in [6.07, 6.45) is -0.530. The van der Waals surface area contributed by atoms with E-state index in [0.717, 1.165) is 0 Å². The van der Waals surface area contributed by atoms with E-state index in [1.165, 1.54) is 0 Å². The van der Waals surface area contributed by atoms with E-state index in [-0.39, 0.29) is 0 Å². The van der Waals surface area contributed by atoms with Gasteiger partial charge in [-0.1, -0.05) is 0 Å². The summed E-state index contributed by atoms with van der Waals surface area (Å²) in [6.45, 7) is 0. The van der Waals surface area contributed by atoms with Crippen LogP contribution in [0.3, 0.4) is 0 Å². The first kappa shape index (κ1) is 9.42. The molecule has 4 atom stereocenters. The van der Waals surface area contributed by atoms with Crippen LogP contribution in [-0.2, 0) is 19.4 Å². The fourth-order valence-corrected chi connectivity index (χ4v) is 1.99. The van der Waals surface area contributed by atoms with Crippen molar-refractivity contribution >= 4 is 11.9 Å². The van der Waals surface area contributed by atoms with Crippen LogP contribution in [0.15, 0.2) is 0 Å². The lowest BCUT2D eigenvalue weighted by molar-refractivity contribution is -0.485. The van der Waals surface area contributed by atoms with Gasteiger partial charge in [-0.3, -0.25) is 9.59 Å². The van der Waals surface area contributed by atoms with Crippen LogP contribution in [-0.4, -0.2) is 34.4 Å². The molecular weight excluding hydrogens is 192 g/mol. The first-order valence-electron chi connectivity index (χ1n) is 4.39. The Hall–Kier alpha value is -1.14. The molecule has 0 bridgehead atoms. The van der Waals surface area contributed by atoms with Crippen LogP contribution in [0, 0.1) is 11.8 Å². The van der Waals surface area contributed by atoms with Gasteiger partial charge in [0.15, 0.2) is 0 Å². The Kier molecular flexibility index (Phi) is 2.16. The largest absolute Gasteiger partial charge is 0.481 e. The third-order valence-corrected chi connectivity index (χ3v) is 2.82. The molecule has 2 aliphatic rings. The van der Waals surface area contributed by atoms with Gasteiger partial charge in [-0.05, 0) is 12.8 Å². The van der Waals surface area contributed by atoms with Crippen molar-refractivity contribution in [2.45, 2.75) is 25.0 Å². The minimum Gasteiger partial charge on any atom is -0.481 e. The maximum Gasteiger partial charge on any atom is 0.309 e. The summed E-state index contributed by atoms with van der Waals surface area (Å²) in [5.41, 5.74) is 0. The molecule has 2 fully saturated rings. The fourth-order valence-electron chi connectivity index (χ4n) is 1.99. The molecule has 14 heavy (non-hydrogen) atoms. The molecule has 0 spiro atoms. The Morgan fingerprint density at radius 2 is 1.29 bits per heavy atom. The Labute approximate surface area is 79.4 Å². The lowest BCUT2D eigenvalue weighted by atomic mass is 9.77. The van der Waals surface area contributed by atoms with E-state index in [1.54, 1.807) is 0 Å². The van der Waals surface area contributed by atoms with Gasteiger partial charge in [-0.25, -0.2) is 9.78 Å². The number of fused-ring (bicyclic) bond motifs is 1. The minimum absolute atomic E-state index is 0.330. The Morgan fingerprint density at radius 1 is 0.929 bits per heavy atom. The second kappa shape index (κ2) is 3.21. The number of hydrogen-bond acceptors (Lipinski definition) is 4. The molecule has 78 valence electrons.